The SMILES string of the molecule is CN(Cc1cn2c(-c3ccc(-c4nnc(N)s4)cc3)cnc2cn1)c1ccc(C#N)cc1. The molecule has 0 aliphatic rings. The molecular weight excluding hydrogens is 420 g/mol. The lowest BCUT2D eigenvalue weighted by molar-refractivity contribution is 0.869. The van der Waals surface area contributed by atoms with E-state index >= 15 is 0 Å². The van der Waals surface area contributed by atoms with Gasteiger partial charge in [0.15, 0.2) is 5.65 Å². The third-order valence-electron chi connectivity index (χ3n) is 5.15. The average molecular weight is 439 g/mol. The van der Waals surface area contributed by atoms with E-state index in [9.17, 15) is 0 Å². The predicted octanol–water partition coefficient (Wildman–Crippen LogP) is 4.01. The van der Waals surface area contributed by atoms with E-state index in [-0.39, 0.29) is 0 Å². The van der Waals surface area contributed by atoms with Crippen molar-refractivity contribution in [2.24, 2.45) is 0 Å². The monoisotopic (exact) mass is 438 g/mol. The molecule has 0 amide bonds. The topological polar surface area (TPSA) is 109 Å². The van der Waals surface area contributed by atoms with Crippen LogP contribution in [0.2, 0.25) is 0 Å². The fraction of sp³-hybridized carbons (Fsp3) is 0.0870. The number of fused-ring (bicyclic) bond motifs is 1. The Labute approximate surface area is 188 Å². The summed E-state index contributed by atoms with van der Waals surface area (Å²) in [6.07, 6.45) is 5.64. The van der Waals surface area contributed by atoms with Gasteiger partial charge in [0.25, 0.3) is 0 Å². The highest BCUT2D eigenvalue weighted by Crippen LogP contribution is 2.28. The summed E-state index contributed by atoms with van der Waals surface area (Å²) in [6.45, 7) is 0.622. The Morgan fingerprint density at radius 3 is 2.44 bits per heavy atom. The molecule has 0 bridgehead atoms. The molecule has 5 aromatic rings. The molecule has 0 aliphatic heterocycles. The van der Waals surface area contributed by atoms with Crippen LogP contribution in [0.25, 0.3) is 27.5 Å². The highest BCUT2D eigenvalue weighted by molar-refractivity contribution is 7.18. The van der Waals surface area contributed by atoms with Crippen LogP contribution in [-0.2, 0) is 6.54 Å². The smallest absolute Gasteiger partial charge is 0.203 e. The minimum absolute atomic E-state index is 0.455. The summed E-state index contributed by atoms with van der Waals surface area (Å²) in [6, 6.07) is 17.7. The molecular formula is C23H18N8S. The van der Waals surface area contributed by atoms with Crippen molar-refractivity contribution >= 4 is 27.8 Å². The molecule has 0 atom stereocenters. The number of hydrogen-bond donors (Lipinski definition) is 1. The lowest BCUT2D eigenvalue weighted by Crippen LogP contribution is -2.17. The van der Waals surface area contributed by atoms with Crippen LogP contribution in [0.1, 0.15) is 11.3 Å². The van der Waals surface area contributed by atoms with Gasteiger partial charge >= 0.3 is 0 Å². The second-order valence-corrected chi connectivity index (χ2v) is 8.30. The first-order valence-electron chi connectivity index (χ1n) is 9.84. The molecule has 5 rings (SSSR count). The number of benzene rings is 2. The Morgan fingerprint density at radius 2 is 1.75 bits per heavy atom. The molecule has 2 aromatic carbocycles. The third kappa shape index (κ3) is 3.75. The van der Waals surface area contributed by atoms with Gasteiger partial charge in [0.2, 0.25) is 5.13 Å². The number of rotatable bonds is 5. The van der Waals surface area contributed by atoms with Gasteiger partial charge in [-0.3, -0.25) is 9.38 Å². The summed E-state index contributed by atoms with van der Waals surface area (Å²) in [5.74, 6) is 0. The van der Waals surface area contributed by atoms with Crippen LogP contribution in [0, 0.1) is 11.3 Å². The van der Waals surface area contributed by atoms with Crippen LogP contribution < -0.4 is 10.6 Å². The van der Waals surface area contributed by atoms with E-state index in [1.807, 2.05) is 72.4 Å². The molecule has 3 heterocycles. The van der Waals surface area contributed by atoms with Crippen LogP contribution in [0.5, 0.6) is 0 Å². The second-order valence-electron chi connectivity index (χ2n) is 7.29. The fourth-order valence-corrected chi connectivity index (χ4v) is 4.10. The standard InChI is InChI=1S/C23H18N8S/c1-30(19-8-2-15(10-24)3-9-19)13-18-14-31-20(11-27-21(31)12-26-18)16-4-6-17(7-5-16)22-28-29-23(25)32-22/h2-9,11-12,14H,13H2,1H3,(H2,25,29). The molecule has 8 nitrogen and oxygen atoms in total. The minimum atomic E-state index is 0.455. The zero-order valence-corrected chi connectivity index (χ0v) is 18.0. The van der Waals surface area contributed by atoms with Crippen molar-refractivity contribution in [2.75, 3.05) is 17.7 Å². The van der Waals surface area contributed by atoms with E-state index in [0.717, 1.165) is 38.9 Å². The first kappa shape index (κ1) is 19.7. The van der Waals surface area contributed by atoms with E-state index < -0.39 is 0 Å². The van der Waals surface area contributed by atoms with Crippen LogP contribution >= 0.6 is 11.3 Å². The number of imidazole rings is 1. The molecule has 0 radical (unpaired) electrons. The number of nitrogens with zero attached hydrogens (tertiary/aromatic N) is 7. The van der Waals surface area contributed by atoms with Gasteiger partial charge in [0, 0.05) is 30.1 Å². The van der Waals surface area contributed by atoms with Crippen LogP contribution in [-0.4, -0.2) is 31.6 Å². The van der Waals surface area contributed by atoms with Crippen molar-refractivity contribution in [3.05, 3.63) is 78.4 Å². The van der Waals surface area contributed by atoms with Gasteiger partial charge in [0.05, 0.1) is 42.0 Å². The van der Waals surface area contributed by atoms with Gasteiger partial charge in [-0.15, -0.1) is 10.2 Å². The highest BCUT2D eigenvalue weighted by Gasteiger charge is 2.11. The average Bonchev–Trinajstić information content (AvgIpc) is 3.45. The first-order valence-corrected chi connectivity index (χ1v) is 10.7. The molecule has 0 fully saturated rings. The number of anilines is 2. The number of nitrogens with two attached hydrogens (primary N) is 1. The summed E-state index contributed by atoms with van der Waals surface area (Å²) < 4.78 is 2.05. The molecule has 0 unspecified atom stereocenters. The predicted molar refractivity (Wildman–Crippen MR) is 125 cm³/mol. The summed E-state index contributed by atoms with van der Waals surface area (Å²) in [5, 5.41) is 18.2. The van der Waals surface area contributed by atoms with Gasteiger partial charge in [-0.05, 0) is 24.3 Å². The molecule has 3 aromatic heterocycles. The van der Waals surface area contributed by atoms with Gasteiger partial charge in [-0.2, -0.15) is 5.26 Å². The van der Waals surface area contributed by atoms with E-state index in [2.05, 4.69) is 31.1 Å². The maximum atomic E-state index is 8.98. The Bertz CT molecular complexity index is 1430. The molecule has 0 spiro atoms. The van der Waals surface area contributed by atoms with Crippen molar-refractivity contribution in [3.8, 4) is 27.9 Å². The summed E-state index contributed by atoms with van der Waals surface area (Å²) in [7, 11) is 2.00. The Kier molecular flexibility index (Phi) is 4.97. The lowest BCUT2D eigenvalue weighted by Gasteiger charge is -2.19. The number of hydrogen-bond acceptors (Lipinski definition) is 8. The Hall–Kier alpha value is -4.29. The molecule has 0 aliphatic carbocycles. The van der Waals surface area contributed by atoms with E-state index in [1.165, 1.54) is 11.3 Å². The van der Waals surface area contributed by atoms with Gasteiger partial charge in [0.1, 0.15) is 5.01 Å². The molecule has 0 saturated carbocycles. The number of nitrogen functional groups attached to an aromatic ring is 1. The largest absolute Gasteiger partial charge is 0.374 e. The van der Waals surface area contributed by atoms with Crippen molar-refractivity contribution in [1.82, 2.24) is 24.6 Å². The fourth-order valence-electron chi connectivity index (χ4n) is 3.48. The normalized spacial score (nSPS) is 10.9. The van der Waals surface area contributed by atoms with Crippen molar-refractivity contribution in [3.63, 3.8) is 0 Å². The minimum Gasteiger partial charge on any atom is -0.374 e. The quantitative estimate of drug-likeness (QED) is 0.442. The maximum Gasteiger partial charge on any atom is 0.203 e. The third-order valence-corrected chi connectivity index (χ3v) is 5.96. The van der Waals surface area contributed by atoms with Crippen molar-refractivity contribution < 1.29 is 0 Å². The van der Waals surface area contributed by atoms with Gasteiger partial charge in [-0.25, -0.2) is 4.98 Å². The number of nitriles is 1. The first-order chi connectivity index (χ1) is 15.6. The second kappa shape index (κ2) is 8.09. The lowest BCUT2D eigenvalue weighted by atomic mass is 10.1. The molecule has 0 saturated heterocycles. The molecule has 156 valence electrons. The Balaban J connectivity index is 1.41. The van der Waals surface area contributed by atoms with Crippen molar-refractivity contribution in [1.29, 1.82) is 5.26 Å². The maximum absolute atomic E-state index is 8.98. The summed E-state index contributed by atoms with van der Waals surface area (Å²) in [5.41, 5.74) is 12.0. The summed E-state index contributed by atoms with van der Waals surface area (Å²) in [4.78, 5) is 11.2. The zero-order valence-electron chi connectivity index (χ0n) is 17.2. The Morgan fingerprint density at radius 1 is 1.00 bits per heavy atom. The van der Waals surface area contributed by atoms with E-state index in [1.54, 1.807) is 6.20 Å². The van der Waals surface area contributed by atoms with Gasteiger partial charge in [-0.1, -0.05) is 35.6 Å². The summed E-state index contributed by atoms with van der Waals surface area (Å²) >= 11 is 1.36. The van der Waals surface area contributed by atoms with Crippen LogP contribution in [0.15, 0.2) is 67.1 Å². The van der Waals surface area contributed by atoms with E-state index in [0.29, 0.717) is 17.2 Å². The molecule has 2 N–H and O–H groups in total. The highest BCUT2D eigenvalue weighted by atomic mass is 32.1. The van der Waals surface area contributed by atoms with E-state index in [4.69, 9.17) is 11.0 Å². The van der Waals surface area contributed by atoms with Gasteiger partial charge < -0.3 is 10.6 Å². The molecule has 32 heavy (non-hydrogen) atoms. The van der Waals surface area contributed by atoms with Crippen molar-refractivity contribution in [2.45, 2.75) is 6.54 Å². The molecule has 9 heteroatoms. The van der Waals surface area contributed by atoms with Crippen LogP contribution in [0.4, 0.5) is 10.8 Å². The zero-order chi connectivity index (χ0) is 22.1. The number of aromatic nitrogens is 5. The van der Waals surface area contributed by atoms with Crippen LogP contribution in [0.3, 0.4) is 0 Å².